The van der Waals surface area contributed by atoms with Crippen molar-refractivity contribution in [2.75, 3.05) is 12.0 Å². The number of hydrogen-bond acceptors (Lipinski definition) is 5. The lowest BCUT2D eigenvalue weighted by molar-refractivity contribution is 0.305. The van der Waals surface area contributed by atoms with E-state index in [2.05, 4.69) is 22.0 Å². The molecular formula is C13H22N4O. The molecule has 0 radical (unpaired) electrons. The first-order valence-corrected chi connectivity index (χ1v) is 6.08. The van der Waals surface area contributed by atoms with Crippen molar-refractivity contribution in [3.05, 3.63) is 23.5 Å². The van der Waals surface area contributed by atoms with Gasteiger partial charge < -0.3 is 10.2 Å². The Hall–Kier alpha value is -1.62. The lowest BCUT2D eigenvalue weighted by atomic mass is 10.2. The standard InChI is InChI=1S/C13H22N4O/c1-8(2)6-7-18-13-10(5)12(17-14)15-11(16-13)9(3)4/h9H,1,6-7,14H2,2-5H3,(H,15,16,17). The van der Waals surface area contributed by atoms with E-state index in [-0.39, 0.29) is 5.92 Å². The third-order valence-corrected chi connectivity index (χ3v) is 2.54. The van der Waals surface area contributed by atoms with Gasteiger partial charge in [-0.25, -0.2) is 10.8 Å². The van der Waals surface area contributed by atoms with Gasteiger partial charge in [0.15, 0.2) is 0 Å². The van der Waals surface area contributed by atoms with Gasteiger partial charge in [-0.3, -0.25) is 0 Å². The summed E-state index contributed by atoms with van der Waals surface area (Å²) in [5.74, 6) is 7.60. The fourth-order valence-electron chi connectivity index (χ4n) is 1.37. The van der Waals surface area contributed by atoms with Crippen LogP contribution in [0.2, 0.25) is 0 Å². The van der Waals surface area contributed by atoms with Crippen molar-refractivity contribution in [3.63, 3.8) is 0 Å². The van der Waals surface area contributed by atoms with Crippen molar-refractivity contribution in [3.8, 4) is 5.88 Å². The Labute approximate surface area is 108 Å². The third-order valence-electron chi connectivity index (χ3n) is 2.54. The van der Waals surface area contributed by atoms with Crippen LogP contribution in [0.15, 0.2) is 12.2 Å². The molecule has 0 bridgehead atoms. The van der Waals surface area contributed by atoms with Crippen LogP contribution in [0.1, 0.15) is 44.5 Å². The van der Waals surface area contributed by atoms with Crippen LogP contribution in [0.4, 0.5) is 5.82 Å². The molecule has 100 valence electrons. The largest absolute Gasteiger partial charge is 0.477 e. The van der Waals surface area contributed by atoms with Crippen LogP contribution in [-0.4, -0.2) is 16.6 Å². The number of nitrogens with two attached hydrogens (primary N) is 1. The Bertz CT molecular complexity index is 429. The highest BCUT2D eigenvalue weighted by Crippen LogP contribution is 2.24. The second kappa shape index (κ2) is 6.35. The molecule has 3 N–H and O–H groups in total. The molecule has 0 spiro atoms. The minimum atomic E-state index is 0.223. The monoisotopic (exact) mass is 250 g/mol. The first-order valence-electron chi connectivity index (χ1n) is 6.08. The van der Waals surface area contributed by atoms with Crippen LogP contribution in [0.25, 0.3) is 0 Å². The van der Waals surface area contributed by atoms with Gasteiger partial charge in [0.1, 0.15) is 11.6 Å². The molecule has 0 aromatic carbocycles. The fourth-order valence-corrected chi connectivity index (χ4v) is 1.37. The smallest absolute Gasteiger partial charge is 0.221 e. The van der Waals surface area contributed by atoms with Gasteiger partial charge in [-0.05, 0) is 13.8 Å². The molecule has 1 aromatic heterocycles. The zero-order valence-corrected chi connectivity index (χ0v) is 11.6. The summed E-state index contributed by atoms with van der Waals surface area (Å²) in [6.07, 6.45) is 0.811. The van der Waals surface area contributed by atoms with E-state index in [4.69, 9.17) is 10.6 Å². The molecule has 5 nitrogen and oxygen atoms in total. The molecule has 0 saturated carbocycles. The van der Waals surface area contributed by atoms with Crippen molar-refractivity contribution < 1.29 is 4.74 Å². The van der Waals surface area contributed by atoms with Crippen LogP contribution in [0.3, 0.4) is 0 Å². The summed E-state index contributed by atoms with van der Waals surface area (Å²) in [5.41, 5.74) is 4.49. The molecule has 0 fully saturated rings. The molecule has 0 atom stereocenters. The Morgan fingerprint density at radius 3 is 2.61 bits per heavy atom. The Balaban J connectivity index is 2.94. The van der Waals surface area contributed by atoms with Crippen LogP contribution >= 0.6 is 0 Å². The minimum Gasteiger partial charge on any atom is -0.477 e. The van der Waals surface area contributed by atoms with Crippen LogP contribution < -0.4 is 16.0 Å². The summed E-state index contributed by atoms with van der Waals surface area (Å²) >= 11 is 0. The van der Waals surface area contributed by atoms with E-state index >= 15 is 0 Å². The van der Waals surface area contributed by atoms with Crippen molar-refractivity contribution in [2.45, 2.75) is 40.0 Å². The van der Waals surface area contributed by atoms with E-state index in [0.717, 1.165) is 23.4 Å². The second-order valence-electron chi connectivity index (χ2n) is 4.72. The summed E-state index contributed by atoms with van der Waals surface area (Å²) in [7, 11) is 0. The highest BCUT2D eigenvalue weighted by molar-refractivity contribution is 5.47. The lowest BCUT2D eigenvalue weighted by Crippen LogP contribution is -2.14. The van der Waals surface area contributed by atoms with Gasteiger partial charge in [0.2, 0.25) is 5.88 Å². The van der Waals surface area contributed by atoms with E-state index in [9.17, 15) is 0 Å². The Morgan fingerprint density at radius 1 is 1.44 bits per heavy atom. The number of nitrogen functional groups attached to an aromatic ring is 1. The van der Waals surface area contributed by atoms with Gasteiger partial charge in [0, 0.05) is 12.3 Å². The number of aromatic nitrogens is 2. The molecule has 0 saturated heterocycles. The lowest BCUT2D eigenvalue weighted by Gasteiger charge is -2.14. The second-order valence-corrected chi connectivity index (χ2v) is 4.72. The molecule has 0 aliphatic carbocycles. The van der Waals surface area contributed by atoms with Crippen molar-refractivity contribution in [1.29, 1.82) is 0 Å². The highest BCUT2D eigenvalue weighted by Gasteiger charge is 2.13. The number of nitrogens with one attached hydrogen (secondary N) is 1. The van der Waals surface area contributed by atoms with Crippen LogP contribution in [-0.2, 0) is 0 Å². The molecule has 1 rings (SSSR count). The van der Waals surface area contributed by atoms with Crippen molar-refractivity contribution >= 4 is 5.82 Å². The molecule has 0 aliphatic heterocycles. The maximum absolute atomic E-state index is 5.67. The molecule has 1 aromatic rings. The SMILES string of the molecule is C=C(C)CCOc1nc(C(C)C)nc(NN)c1C. The molecule has 0 amide bonds. The van der Waals surface area contributed by atoms with Gasteiger partial charge in [-0.1, -0.05) is 19.4 Å². The average molecular weight is 250 g/mol. The van der Waals surface area contributed by atoms with Gasteiger partial charge in [-0.2, -0.15) is 4.98 Å². The van der Waals surface area contributed by atoms with E-state index in [1.165, 1.54) is 0 Å². The average Bonchev–Trinajstić information content (AvgIpc) is 2.30. The number of nitrogens with zero attached hydrogens (tertiary/aromatic N) is 2. The van der Waals surface area contributed by atoms with E-state index in [0.29, 0.717) is 18.3 Å². The van der Waals surface area contributed by atoms with Gasteiger partial charge in [-0.15, -0.1) is 6.58 Å². The predicted octanol–water partition coefficient (Wildman–Crippen LogP) is 2.54. The number of anilines is 1. The maximum Gasteiger partial charge on any atom is 0.221 e. The van der Waals surface area contributed by atoms with Crippen molar-refractivity contribution in [2.24, 2.45) is 5.84 Å². The van der Waals surface area contributed by atoms with Crippen LogP contribution in [0, 0.1) is 6.92 Å². The summed E-state index contributed by atoms with van der Waals surface area (Å²) in [5, 5.41) is 0. The summed E-state index contributed by atoms with van der Waals surface area (Å²) < 4.78 is 5.67. The van der Waals surface area contributed by atoms with E-state index in [1.807, 2.05) is 27.7 Å². The third kappa shape index (κ3) is 3.70. The maximum atomic E-state index is 5.67. The zero-order chi connectivity index (χ0) is 13.7. The normalized spacial score (nSPS) is 10.6. The Kier molecular flexibility index (Phi) is 5.09. The molecule has 0 unspecified atom stereocenters. The minimum absolute atomic E-state index is 0.223. The first-order chi connectivity index (χ1) is 8.45. The number of ether oxygens (including phenoxy) is 1. The quantitative estimate of drug-likeness (QED) is 0.461. The summed E-state index contributed by atoms with van der Waals surface area (Å²) in [4.78, 5) is 8.77. The fraction of sp³-hybridized carbons (Fsp3) is 0.538. The predicted molar refractivity (Wildman–Crippen MR) is 73.6 cm³/mol. The zero-order valence-electron chi connectivity index (χ0n) is 11.6. The molecule has 1 heterocycles. The number of rotatable bonds is 6. The topological polar surface area (TPSA) is 73.1 Å². The molecule has 18 heavy (non-hydrogen) atoms. The summed E-state index contributed by atoms with van der Waals surface area (Å²) in [6.45, 7) is 12.3. The van der Waals surface area contributed by atoms with Gasteiger partial charge in [0.05, 0.1) is 12.2 Å². The number of hydrogen-bond donors (Lipinski definition) is 2. The molecule has 0 aliphatic rings. The van der Waals surface area contributed by atoms with Crippen LogP contribution in [0.5, 0.6) is 5.88 Å². The molecule has 5 heteroatoms. The van der Waals surface area contributed by atoms with Gasteiger partial charge in [0.25, 0.3) is 0 Å². The molecular weight excluding hydrogens is 228 g/mol. The first kappa shape index (κ1) is 14.4. The van der Waals surface area contributed by atoms with E-state index in [1.54, 1.807) is 0 Å². The van der Waals surface area contributed by atoms with E-state index < -0.39 is 0 Å². The van der Waals surface area contributed by atoms with Gasteiger partial charge >= 0.3 is 0 Å². The summed E-state index contributed by atoms with van der Waals surface area (Å²) in [6, 6.07) is 0. The number of hydrazine groups is 1. The Morgan fingerprint density at radius 2 is 2.11 bits per heavy atom. The van der Waals surface area contributed by atoms with Crippen molar-refractivity contribution in [1.82, 2.24) is 9.97 Å². The highest BCUT2D eigenvalue weighted by atomic mass is 16.5.